The monoisotopic (exact) mass is 510 g/mol. The first-order valence-electron chi connectivity index (χ1n) is 14.7. The second-order valence-electron chi connectivity index (χ2n) is 11.1. The van der Waals surface area contributed by atoms with Crippen molar-refractivity contribution in [3.63, 3.8) is 0 Å². The van der Waals surface area contributed by atoms with Gasteiger partial charge in [0, 0.05) is 18.4 Å². The van der Waals surface area contributed by atoms with E-state index >= 15 is 0 Å². The van der Waals surface area contributed by atoms with Crippen LogP contribution in [-0.2, 0) is 22.5 Å². The van der Waals surface area contributed by atoms with Crippen LogP contribution < -0.4 is 4.74 Å². The lowest BCUT2D eigenvalue weighted by Gasteiger charge is -2.30. The van der Waals surface area contributed by atoms with Crippen molar-refractivity contribution in [2.24, 2.45) is 0 Å². The Morgan fingerprint density at radius 3 is 2.22 bits per heavy atom. The second kappa shape index (κ2) is 18.0. The van der Waals surface area contributed by atoms with Crippen LogP contribution in [0.25, 0.3) is 0 Å². The number of hydrogen-bond acceptors (Lipinski definition) is 3. The largest absolute Gasteiger partial charge is 0.455 e. The first kappa shape index (κ1) is 30.9. The number of aryl methyl sites for hydroxylation is 1. The van der Waals surface area contributed by atoms with Crippen molar-refractivity contribution in [2.75, 3.05) is 20.6 Å². The third kappa shape index (κ3) is 14.3. The molecule has 2 rings (SSSR count). The van der Waals surface area contributed by atoms with Gasteiger partial charge in [-0.1, -0.05) is 94.8 Å². The van der Waals surface area contributed by atoms with Crippen LogP contribution in [0.3, 0.4) is 0 Å². The first-order valence-corrected chi connectivity index (χ1v) is 14.7. The maximum atomic E-state index is 12.6. The Morgan fingerprint density at radius 2 is 1.49 bits per heavy atom. The van der Waals surface area contributed by atoms with Crippen LogP contribution in [0.4, 0.5) is 0 Å². The minimum absolute atomic E-state index is 0.161. The highest BCUT2D eigenvalue weighted by Crippen LogP contribution is 2.20. The molecular weight excluding hydrogens is 458 g/mol. The minimum atomic E-state index is -0.517. The molecule has 1 atom stereocenters. The number of carbonyl (C=O) groups is 1. The van der Waals surface area contributed by atoms with Crippen LogP contribution in [0, 0.1) is 0 Å². The molecule has 4 nitrogen and oxygen atoms in total. The number of unbranched alkanes of at least 4 members (excludes halogenated alkanes) is 7. The molecule has 206 valence electrons. The normalized spacial score (nSPS) is 12.3. The van der Waals surface area contributed by atoms with Gasteiger partial charge in [-0.2, -0.15) is 0 Å². The highest BCUT2D eigenvalue weighted by atomic mass is 16.7. The Kier molecular flexibility index (Phi) is 15.0. The zero-order valence-electron chi connectivity index (χ0n) is 24.1. The predicted molar refractivity (Wildman–Crippen MR) is 155 cm³/mol. The SMILES string of the molecule is CCCCCCCCCc1cccc(OC(CCC)OC(=O)CCCC[N+](C)(C)Cc2ccccc2)c1. The molecule has 0 N–H and O–H groups in total. The van der Waals surface area contributed by atoms with Crippen LogP contribution in [-0.4, -0.2) is 37.4 Å². The molecule has 0 bridgehead atoms. The second-order valence-corrected chi connectivity index (χ2v) is 11.1. The summed E-state index contributed by atoms with van der Waals surface area (Å²) in [5.74, 6) is 0.637. The van der Waals surface area contributed by atoms with E-state index in [0.29, 0.717) is 12.8 Å². The van der Waals surface area contributed by atoms with Gasteiger partial charge in [-0.15, -0.1) is 0 Å². The van der Waals surface area contributed by atoms with Gasteiger partial charge in [0.2, 0.25) is 6.29 Å². The summed E-state index contributed by atoms with van der Waals surface area (Å²) in [6.07, 6.45) is 13.6. The quantitative estimate of drug-likeness (QED) is 0.0775. The summed E-state index contributed by atoms with van der Waals surface area (Å²) in [6, 6.07) is 18.9. The van der Waals surface area contributed by atoms with Gasteiger partial charge in [0.05, 0.1) is 20.6 Å². The fraction of sp³-hybridized carbons (Fsp3) is 0.606. The molecule has 37 heavy (non-hydrogen) atoms. The highest BCUT2D eigenvalue weighted by Gasteiger charge is 2.18. The number of hydrogen-bond donors (Lipinski definition) is 0. The van der Waals surface area contributed by atoms with E-state index in [1.807, 2.05) is 12.1 Å². The van der Waals surface area contributed by atoms with E-state index in [1.54, 1.807) is 0 Å². The fourth-order valence-electron chi connectivity index (χ4n) is 4.76. The smallest absolute Gasteiger partial charge is 0.308 e. The number of carbonyl (C=O) groups excluding carboxylic acids is 1. The Hall–Kier alpha value is -2.33. The fourth-order valence-corrected chi connectivity index (χ4v) is 4.76. The van der Waals surface area contributed by atoms with Gasteiger partial charge in [-0.3, -0.25) is 4.79 Å². The number of quaternary nitrogens is 1. The summed E-state index contributed by atoms with van der Waals surface area (Å²) in [6.45, 7) is 6.38. The molecule has 0 aromatic heterocycles. The van der Waals surface area contributed by atoms with Crippen LogP contribution in [0.5, 0.6) is 5.75 Å². The van der Waals surface area contributed by atoms with Crippen molar-refractivity contribution in [1.29, 1.82) is 0 Å². The number of rotatable bonds is 20. The summed E-state index contributed by atoms with van der Waals surface area (Å²) in [5, 5.41) is 0. The standard InChI is InChI=1S/C33H52NO3/c1-5-7-8-9-10-11-13-20-29-23-18-24-31(27-29)36-33(19-6-2)37-32(35)25-16-17-26-34(3,4)28-30-21-14-12-15-22-30/h12,14-15,18,21-24,27,33H,5-11,13,16-17,19-20,25-26,28H2,1-4H3/q+1. The highest BCUT2D eigenvalue weighted by molar-refractivity contribution is 5.69. The van der Waals surface area contributed by atoms with E-state index < -0.39 is 6.29 Å². The van der Waals surface area contributed by atoms with Gasteiger partial charge in [0.25, 0.3) is 0 Å². The molecule has 0 saturated carbocycles. The van der Waals surface area contributed by atoms with Gasteiger partial charge < -0.3 is 14.0 Å². The lowest BCUT2D eigenvalue weighted by atomic mass is 10.0. The number of nitrogens with zero attached hydrogens (tertiary/aromatic N) is 1. The average Bonchev–Trinajstić information content (AvgIpc) is 2.87. The van der Waals surface area contributed by atoms with Crippen LogP contribution >= 0.6 is 0 Å². The molecule has 2 aromatic carbocycles. The number of ether oxygens (including phenoxy) is 2. The zero-order chi connectivity index (χ0) is 26.8. The Balaban J connectivity index is 1.71. The molecule has 0 aliphatic rings. The Morgan fingerprint density at radius 1 is 0.784 bits per heavy atom. The van der Waals surface area contributed by atoms with Crippen molar-refractivity contribution >= 4 is 5.97 Å². The van der Waals surface area contributed by atoms with E-state index in [9.17, 15) is 4.79 Å². The van der Waals surface area contributed by atoms with Gasteiger partial charge in [0.1, 0.15) is 12.3 Å². The van der Waals surface area contributed by atoms with Crippen LogP contribution in [0.15, 0.2) is 54.6 Å². The summed E-state index contributed by atoms with van der Waals surface area (Å²) in [4.78, 5) is 12.6. The summed E-state index contributed by atoms with van der Waals surface area (Å²) in [5.41, 5.74) is 2.64. The average molecular weight is 511 g/mol. The minimum Gasteiger partial charge on any atom is -0.455 e. The molecule has 1 unspecified atom stereocenters. The summed E-state index contributed by atoms with van der Waals surface area (Å²) < 4.78 is 12.8. The van der Waals surface area contributed by atoms with E-state index in [1.165, 1.54) is 56.1 Å². The molecule has 0 aliphatic carbocycles. The molecular formula is C33H52NO3+. The molecule has 2 aromatic rings. The third-order valence-electron chi connectivity index (χ3n) is 6.87. The third-order valence-corrected chi connectivity index (χ3v) is 6.87. The van der Waals surface area contributed by atoms with Crippen molar-refractivity contribution in [1.82, 2.24) is 0 Å². The molecule has 4 heteroatoms. The Bertz CT molecular complexity index is 865. The maximum Gasteiger partial charge on any atom is 0.308 e. The Labute approximate surface area is 227 Å². The molecule has 0 heterocycles. The van der Waals surface area contributed by atoms with E-state index in [2.05, 4.69) is 70.4 Å². The maximum absolute atomic E-state index is 12.6. The topological polar surface area (TPSA) is 35.5 Å². The van der Waals surface area contributed by atoms with Crippen molar-refractivity contribution < 1.29 is 18.8 Å². The zero-order valence-corrected chi connectivity index (χ0v) is 24.1. The van der Waals surface area contributed by atoms with Gasteiger partial charge in [-0.25, -0.2) is 0 Å². The van der Waals surface area contributed by atoms with E-state index in [4.69, 9.17) is 9.47 Å². The van der Waals surface area contributed by atoms with Crippen molar-refractivity contribution in [3.05, 3.63) is 65.7 Å². The predicted octanol–water partition coefficient (Wildman–Crippen LogP) is 8.47. The van der Waals surface area contributed by atoms with Gasteiger partial charge >= 0.3 is 5.97 Å². The lowest BCUT2D eigenvalue weighted by molar-refractivity contribution is -0.903. The molecule has 0 aliphatic heterocycles. The van der Waals surface area contributed by atoms with Gasteiger partial charge in [0.15, 0.2) is 0 Å². The van der Waals surface area contributed by atoms with E-state index in [-0.39, 0.29) is 5.97 Å². The van der Waals surface area contributed by atoms with Crippen LogP contribution in [0.2, 0.25) is 0 Å². The number of benzene rings is 2. The molecule has 0 saturated heterocycles. The molecule has 0 amide bonds. The van der Waals surface area contributed by atoms with E-state index in [0.717, 1.165) is 49.0 Å². The van der Waals surface area contributed by atoms with Crippen molar-refractivity contribution in [3.8, 4) is 5.75 Å². The van der Waals surface area contributed by atoms with Crippen molar-refractivity contribution in [2.45, 2.75) is 110 Å². The molecule has 0 fully saturated rings. The summed E-state index contributed by atoms with van der Waals surface area (Å²) in [7, 11) is 4.50. The summed E-state index contributed by atoms with van der Waals surface area (Å²) >= 11 is 0. The first-order chi connectivity index (χ1) is 17.9. The number of esters is 1. The van der Waals surface area contributed by atoms with Gasteiger partial charge in [-0.05, 0) is 49.8 Å². The van der Waals surface area contributed by atoms with Crippen LogP contribution in [0.1, 0.15) is 102 Å². The molecule has 0 radical (unpaired) electrons. The lowest BCUT2D eigenvalue weighted by Crippen LogP contribution is -2.39. The molecule has 0 spiro atoms.